The van der Waals surface area contributed by atoms with Crippen LogP contribution in [0.1, 0.15) is 11.1 Å². The van der Waals surface area contributed by atoms with Gasteiger partial charge in [-0.25, -0.2) is 4.39 Å². The summed E-state index contributed by atoms with van der Waals surface area (Å²) in [4.78, 5) is 28.1. The summed E-state index contributed by atoms with van der Waals surface area (Å²) < 4.78 is 59.0. The maximum Gasteiger partial charge on any atom is 0.416 e. The Labute approximate surface area is 205 Å². The Morgan fingerprint density at radius 3 is 2.14 bits per heavy atom. The smallest absolute Gasteiger partial charge is 0.416 e. The molecule has 0 bridgehead atoms. The summed E-state index contributed by atoms with van der Waals surface area (Å²) in [5.74, 6) is -1.07. The van der Waals surface area contributed by atoms with Crippen molar-refractivity contribution < 1.29 is 31.9 Å². The topological polar surface area (TPSA) is 61.9 Å². The fraction of sp³-hybridized carbons (Fsp3) is 0.231. The maximum absolute atomic E-state index is 13.6. The number of benzene rings is 3. The SMILES string of the molecule is O=C(Nc1ccc(Oc2ccccc2)cc1)C(=O)N1CCN(Cc2cc(F)ccc2C(F)(F)F)CC1. The average molecular weight is 501 g/mol. The van der Waals surface area contributed by atoms with Gasteiger partial charge in [-0.2, -0.15) is 13.2 Å². The van der Waals surface area contributed by atoms with E-state index >= 15 is 0 Å². The van der Waals surface area contributed by atoms with Crippen LogP contribution in [0.15, 0.2) is 72.8 Å². The van der Waals surface area contributed by atoms with Crippen LogP contribution < -0.4 is 10.1 Å². The fourth-order valence-corrected chi connectivity index (χ4v) is 3.88. The first kappa shape index (κ1) is 25.2. The first-order valence-electron chi connectivity index (χ1n) is 11.2. The van der Waals surface area contributed by atoms with Crippen LogP contribution >= 0.6 is 0 Å². The van der Waals surface area contributed by atoms with Gasteiger partial charge in [0.15, 0.2) is 0 Å². The van der Waals surface area contributed by atoms with Gasteiger partial charge in [0.25, 0.3) is 0 Å². The molecule has 1 fully saturated rings. The number of hydrogen-bond donors (Lipinski definition) is 1. The van der Waals surface area contributed by atoms with Gasteiger partial charge in [-0.3, -0.25) is 14.5 Å². The van der Waals surface area contributed by atoms with E-state index < -0.39 is 29.4 Å². The Morgan fingerprint density at radius 2 is 1.50 bits per heavy atom. The highest BCUT2D eigenvalue weighted by Crippen LogP contribution is 2.33. The Morgan fingerprint density at radius 1 is 0.861 bits per heavy atom. The van der Waals surface area contributed by atoms with Gasteiger partial charge in [0.05, 0.1) is 5.56 Å². The summed E-state index contributed by atoms with van der Waals surface area (Å²) in [6.07, 6.45) is -4.59. The number of carbonyl (C=O) groups excluding carboxylic acids is 2. The highest BCUT2D eigenvalue weighted by Gasteiger charge is 2.34. The van der Waals surface area contributed by atoms with Crippen LogP contribution in [-0.2, 0) is 22.3 Å². The zero-order chi connectivity index (χ0) is 25.7. The number of piperazine rings is 1. The normalized spacial score (nSPS) is 14.4. The third-order valence-electron chi connectivity index (χ3n) is 5.71. The number of alkyl halides is 3. The van der Waals surface area contributed by atoms with Gasteiger partial charge < -0.3 is 15.0 Å². The van der Waals surface area contributed by atoms with Crippen molar-refractivity contribution in [3.8, 4) is 11.5 Å². The van der Waals surface area contributed by atoms with Crippen LogP contribution in [0.2, 0.25) is 0 Å². The van der Waals surface area contributed by atoms with Gasteiger partial charge in [0.1, 0.15) is 17.3 Å². The highest BCUT2D eigenvalue weighted by molar-refractivity contribution is 6.39. The highest BCUT2D eigenvalue weighted by atomic mass is 19.4. The van der Waals surface area contributed by atoms with Crippen LogP contribution in [0, 0.1) is 5.82 Å². The summed E-state index contributed by atoms with van der Waals surface area (Å²) in [6.45, 7) is 0.703. The zero-order valence-electron chi connectivity index (χ0n) is 19.1. The summed E-state index contributed by atoms with van der Waals surface area (Å²) in [5, 5.41) is 2.55. The number of hydrogen-bond acceptors (Lipinski definition) is 4. The van der Waals surface area contributed by atoms with Gasteiger partial charge in [-0.05, 0) is 60.2 Å². The Balaban J connectivity index is 1.29. The van der Waals surface area contributed by atoms with Crippen molar-refractivity contribution in [2.24, 2.45) is 0 Å². The number of anilines is 1. The molecular formula is C26H23F4N3O3. The molecular weight excluding hydrogens is 478 g/mol. The van der Waals surface area contributed by atoms with Gasteiger partial charge in [-0.1, -0.05) is 18.2 Å². The quantitative estimate of drug-likeness (QED) is 0.398. The van der Waals surface area contributed by atoms with Crippen molar-refractivity contribution in [2.45, 2.75) is 12.7 Å². The van der Waals surface area contributed by atoms with Crippen molar-refractivity contribution in [1.82, 2.24) is 9.80 Å². The molecule has 1 aliphatic heterocycles. The second-order valence-electron chi connectivity index (χ2n) is 8.26. The molecule has 3 aromatic rings. The van der Waals surface area contributed by atoms with E-state index in [1.54, 1.807) is 29.2 Å². The summed E-state index contributed by atoms with van der Waals surface area (Å²) >= 11 is 0. The Hall–Kier alpha value is -3.92. The van der Waals surface area contributed by atoms with Crippen LogP contribution in [0.3, 0.4) is 0 Å². The van der Waals surface area contributed by atoms with Crippen LogP contribution in [-0.4, -0.2) is 47.8 Å². The lowest BCUT2D eigenvalue weighted by atomic mass is 10.1. The molecule has 1 heterocycles. The molecule has 0 radical (unpaired) electrons. The van der Waals surface area contributed by atoms with Gasteiger partial charge in [0, 0.05) is 38.4 Å². The zero-order valence-corrected chi connectivity index (χ0v) is 19.1. The molecule has 10 heteroatoms. The molecule has 0 aromatic heterocycles. The largest absolute Gasteiger partial charge is 0.457 e. The molecule has 6 nitrogen and oxygen atoms in total. The second kappa shape index (κ2) is 10.8. The fourth-order valence-electron chi connectivity index (χ4n) is 3.88. The van der Waals surface area contributed by atoms with Gasteiger partial charge in [-0.15, -0.1) is 0 Å². The number of amides is 2. The van der Waals surface area contributed by atoms with Crippen LogP contribution in [0.25, 0.3) is 0 Å². The first-order valence-corrected chi connectivity index (χ1v) is 11.2. The predicted octanol–water partition coefficient (Wildman–Crippen LogP) is 4.92. The van der Waals surface area contributed by atoms with E-state index in [0.29, 0.717) is 17.2 Å². The van der Waals surface area contributed by atoms with E-state index in [4.69, 9.17) is 4.74 Å². The minimum atomic E-state index is -4.59. The molecule has 0 spiro atoms. The van der Waals surface area contributed by atoms with Gasteiger partial charge in [0.2, 0.25) is 0 Å². The molecule has 2 amide bonds. The summed E-state index contributed by atoms with van der Waals surface area (Å²) in [6, 6.07) is 18.1. The third kappa shape index (κ3) is 6.39. The van der Waals surface area contributed by atoms with Crippen molar-refractivity contribution in [1.29, 1.82) is 0 Å². The Kier molecular flexibility index (Phi) is 7.54. The number of rotatable bonds is 5. The monoisotopic (exact) mass is 501 g/mol. The number of ether oxygens (including phenoxy) is 1. The van der Waals surface area contributed by atoms with E-state index in [1.807, 2.05) is 30.3 Å². The van der Waals surface area contributed by atoms with Crippen molar-refractivity contribution in [2.75, 3.05) is 31.5 Å². The number of para-hydroxylation sites is 1. The molecule has 1 N–H and O–H groups in total. The van der Waals surface area contributed by atoms with E-state index in [2.05, 4.69) is 5.32 Å². The van der Waals surface area contributed by atoms with Crippen LogP contribution in [0.4, 0.5) is 23.2 Å². The van der Waals surface area contributed by atoms with E-state index in [1.165, 1.54) is 4.90 Å². The van der Waals surface area contributed by atoms with Crippen molar-refractivity contribution in [3.05, 3.63) is 89.7 Å². The van der Waals surface area contributed by atoms with Crippen LogP contribution in [0.5, 0.6) is 11.5 Å². The number of nitrogens with one attached hydrogen (secondary N) is 1. The molecule has 3 aromatic carbocycles. The van der Waals surface area contributed by atoms with Crippen molar-refractivity contribution in [3.63, 3.8) is 0 Å². The lowest BCUT2D eigenvalue weighted by Gasteiger charge is -2.34. The maximum atomic E-state index is 13.6. The molecule has 0 saturated carbocycles. The molecule has 0 atom stereocenters. The third-order valence-corrected chi connectivity index (χ3v) is 5.71. The molecule has 0 aliphatic carbocycles. The minimum absolute atomic E-state index is 0.113. The first-order chi connectivity index (χ1) is 17.2. The predicted molar refractivity (Wildman–Crippen MR) is 125 cm³/mol. The number of halogens is 4. The average Bonchev–Trinajstić information content (AvgIpc) is 2.85. The summed E-state index contributed by atoms with van der Waals surface area (Å²) in [7, 11) is 0. The number of carbonyl (C=O) groups is 2. The molecule has 0 unspecified atom stereocenters. The second-order valence-corrected chi connectivity index (χ2v) is 8.26. The lowest BCUT2D eigenvalue weighted by molar-refractivity contribution is -0.144. The summed E-state index contributed by atoms with van der Waals surface area (Å²) in [5.41, 5.74) is -0.639. The lowest BCUT2D eigenvalue weighted by Crippen LogP contribution is -2.51. The molecule has 188 valence electrons. The standard InChI is InChI=1S/C26H23F4N3O3/c27-19-6-11-23(26(28,29)30)18(16-19)17-32-12-14-33(15-13-32)25(35)24(34)31-20-7-9-22(10-8-20)36-21-4-2-1-3-5-21/h1-11,16H,12-15,17H2,(H,31,34). The molecule has 1 aliphatic rings. The number of nitrogens with zero attached hydrogens (tertiary/aromatic N) is 2. The minimum Gasteiger partial charge on any atom is -0.457 e. The molecule has 1 saturated heterocycles. The van der Waals surface area contributed by atoms with E-state index in [9.17, 15) is 27.2 Å². The molecule has 4 rings (SSSR count). The van der Waals surface area contributed by atoms with E-state index in [0.717, 1.165) is 18.2 Å². The van der Waals surface area contributed by atoms with E-state index in [-0.39, 0.29) is 38.3 Å². The van der Waals surface area contributed by atoms with Gasteiger partial charge >= 0.3 is 18.0 Å². The Bertz CT molecular complexity index is 1210. The molecule has 36 heavy (non-hydrogen) atoms. The van der Waals surface area contributed by atoms with Crippen molar-refractivity contribution >= 4 is 17.5 Å².